The number of nitrogens with zero attached hydrogens (tertiary/aromatic N) is 1. The maximum absolute atomic E-state index is 14.0. The molecule has 0 unspecified atom stereocenters. The lowest BCUT2D eigenvalue weighted by molar-refractivity contribution is -0.151. The van der Waals surface area contributed by atoms with Crippen molar-refractivity contribution in [1.82, 2.24) is 9.62 Å². The molecular formula is C31H47N3O7S. The Morgan fingerprint density at radius 2 is 1.74 bits per heavy atom. The van der Waals surface area contributed by atoms with Gasteiger partial charge in [0.25, 0.3) is 0 Å². The van der Waals surface area contributed by atoms with Crippen LogP contribution < -0.4 is 11.1 Å². The highest BCUT2D eigenvalue weighted by molar-refractivity contribution is 7.89. The number of ether oxygens (including phenoxy) is 3. The molecule has 0 aromatic heterocycles. The number of aliphatic hydroxyl groups excluding tert-OH is 1. The Balaban J connectivity index is 1.89. The minimum absolute atomic E-state index is 0.0274. The van der Waals surface area contributed by atoms with Crippen LogP contribution in [0.4, 0.5) is 10.5 Å². The molecule has 4 N–H and O–H groups in total. The van der Waals surface area contributed by atoms with Crippen molar-refractivity contribution in [2.24, 2.45) is 5.41 Å². The number of nitrogen functional groups attached to an aromatic ring is 1. The minimum Gasteiger partial charge on any atom is -0.444 e. The van der Waals surface area contributed by atoms with E-state index in [0.717, 1.165) is 5.56 Å². The van der Waals surface area contributed by atoms with E-state index in [1.165, 1.54) is 16.4 Å². The molecule has 2 aromatic rings. The van der Waals surface area contributed by atoms with Gasteiger partial charge in [-0.2, -0.15) is 4.31 Å². The molecule has 1 saturated heterocycles. The van der Waals surface area contributed by atoms with Crippen molar-refractivity contribution in [2.45, 2.75) is 89.2 Å². The number of amides is 1. The zero-order chi connectivity index (χ0) is 31.2. The number of benzene rings is 2. The van der Waals surface area contributed by atoms with Crippen LogP contribution in [-0.2, 0) is 30.7 Å². The molecule has 42 heavy (non-hydrogen) atoms. The van der Waals surface area contributed by atoms with Gasteiger partial charge in [-0.15, -0.1) is 0 Å². The molecule has 1 aliphatic heterocycles. The van der Waals surface area contributed by atoms with Crippen LogP contribution in [0.2, 0.25) is 0 Å². The van der Waals surface area contributed by atoms with E-state index in [9.17, 15) is 18.3 Å². The molecule has 0 spiro atoms. The number of hydrogen-bond acceptors (Lipinski definition) is 8. The van der Waals surface area contributed by atoms with Gasteiger partial charge in [-0.3, -0.25) is 0 Å². The number of alkyl carbamates (subject to hydrolysis) is 1. The molecule has 0 saturated carbocycles. The fourth-order valence-electron chi connectivity index (χ4n) is 4.84. The molecule has 1 amide bonds. The van der Waals surface area contributed by atoms with Gasteiger partial charge in [0.1, 0.15) is 5.60 Å². The molecule has 1 fully saturated rings. The zero-order valence-electron chi connectivity index (χ0n) is 25.6. The quantitative estimate of drug-likeness (QED) is 0.287. The van der Waals surface area contributed by atoms with Gasteiger partial charge >= 0.3 is 6.09 Å². The van der Waals surface area contributed by atoms with Crippen molar-refractivity contribution >= 4 is 21.8 Å². The maximum atomic E-state index is 14.0. The molecule has 2 aromatic carbocycles. The van der Waals surface area contributed by atoms with Crippen LogP contribution in [0.5, 0.6) is 0 Å². The summed E-state index contributed by atoms with van der Waals surface area (Å²) in [5, 5.41) is 14.3. The first-order chi connectivity index (χ1) is 19.5. The lowest BCUT2D eigenvalue weighted by atomic mass is 9.86. The van der Waals surface area contributed by atoms with Gasteiger partial charge < -0.3 is 30.4 Å². The number of nitrogens with one attached hydrogen (secondary N) is 1. The average Bonchev–Trinajstić information content (AvgIpc) is 3.33. The molecule has 2 atom stereocenters. The average molecular weight is 606 g/mol. The number of aliphatic hydroxyl groups is 1. The van der Waals surface area contributed by atoms with Gasteiger partial charge in [0.2, 0.25) is 10.0 Å². The smallest absolute Gasteiger partial charge is 0.407 e. The van der Waals surface area contributed by atoms with Crippen LogP contribution >= 0.6 is 0 Å². The van der Waals surface area contributed by atoms with Crippen molar-refractivity contribution < 1.29 is 32.5 Å². The summed E-state index contributed by atoms with van der Waals surface area (Å²) in [7, 11) is -4.08. The largest absolute Gasteiger partial charge is 0.444 e. The van der Waals surface area contributed by atoms with E-state index in [1.54, 1.807) is 32.9 Å². The summed E-state index contributed by atoms with van der Waals surface area (Å²) < 4.78 is 46.3. The number of sulfonamides is 1. The molecule has 10 nitrogen and oxygen atoms in total. The number of carbonyl (C=O) groups is 1. The molecular weight excluding hydrogens is 558 g/mol. The molecule has 0 aliphatic carbocycles. The highest BCUT2D eigenvalue weighted by atomic mass is 32.2. The van der Waals surface area contributed by atoms with Crippen molar-refractivity contribution in [1.29, 1.82) is 0 Å². The molecule has 0 radical (unpaired) electrons. The van der Waals surface area contributed by atoms with Gasteiger partial charge in [-0.25, -0.2) is 13.2 Å². The number of carbonyl (C=O) groups excluding carboxylic acids is 1. The summed E-state index contributed by atoms with van der Waals surface area (Å²) in [6.07, 6.45) is -0.511. The van der Waals surface area contributed by atoms with Crippen LogP contribution in [0.1, 0.15) is 59.9 Å². The highest BCUT2D eigenvalue weighted by Gasteiger charge is 2.38. The molecule has 3 rings (SSSR count). The third kappa shape index (κ3) is 10.2. The van der Waals surface area contributed by atoms with Gasteiger partial charge in [0.05, 0.1) is 30.3 Å². The lowest BCUT2D eigenvalue weighted by Crippen LogP contribution is -2.52. The van der Waals surface area contributed by atoms with Crippen molar-refractivity contribution in [3.05, 3.63) is 60.2 Å². The third-order valence-electron chi connectivity index (χ3n) is 7.11. The maximum Gasteiger partial charge on any atom is 0.407 e. The van der Waals surface area contributed by atoms with Gasteiger partial charge in [0, 0.05) is 25.2 Å². The van der Waals surface area contributed by atoms with Crippen LogP contribution in [0.25, 0.3) is 0 Å². The summed E-state index contributed by atoms with van der Waals surface area (Å²) in [5.41, 5.74) is 5.85. The Labute approximate surface area is 250 Å². The van der Waals surface area contributed by atoms with E-state index >= 15 is 0 Å². The van der Waals surface area contributed by atoms with E-state index in [4.69, 9.17) is 19.9 Å². The molecule has 1 aliphatic rings. The van der Waals surface area contributed by atoms with Crippen molar-refractivity contribution in [3.8, 4) is 0 Å². The molecule has 234 valence electrons. The first kappa shape index (κ1) is 33.8. The first-order valence-electron chi connectivity index (χ1n) is 14.3. The normalized spacial score (nSPS) is 17.1. The standard InChI is InChI=1S/C31H47N3O7S/c1-29(2,3)41-28(36)33-26(19-23-11-8-7-9-12-23)27(35)21-34(42(37,38)25-14-10-13-24(32)20-25)22-30(4,5)15-16-31(6)39-17-18-40-31/h7-14,20,26-27,35H,15-19,21-22,32H2,1-6H3,(H,33,36)/t26-,27+/m0/s1. The van der Waals surface area contributed by atoms with E-state index < -0.39 is 45.1 Å². The second kappa shape index (κ2) is 13.7. The number of anilines is 1. The Morgan fingerprint density at radius 1 is 1.10 bits per heavy atom. The molecule has 11 heteroatoms. The Bertz CT molecular complexity index is 1270. The summed E-state index contributed by atoms with van der Waals surface area (Å²) >= 11 is 0. The third-order valence-corrected chi connectivity index (χ3v) is 8.92. The second-order valence-electron chi connectivity index (χ2n) is 12.9. The molecule has 0 bridgehead atoms. The Hall–Kier alpha value is -2.70. The minimum atomic E-state index is -4.08. The predicted molar refractivity (Wildman–Crippen MR) is 162 cm³/mol. The summed E-state index contributed by atoms with van der Waals surface area (Å²) in [5.74, 6) is -0.716. The van der Waals surface area contributed by atoms with Gasteiger partial charge in [-0.05, 0) is 69.7 Å². The second-order valence-corrected chi connectivity index (χ2v) is 14.8. The topological polar surface area (TPSA) is 140 Å². The van der Waals surface area contributed by atoms with Gasteiger partial charge in [0.15, 0.2) is 5.79 Å². The van der Waals surface area contributed by atoms with Crippen molar-refractivity contribution in [2.75, 3.05) is 32.0 Å². The van der Waals surface area contributed by atoms with E-state index in [0.29, 0.717) is 31.7 Å². The predicted octanol–water partition coefficient (Wildman–Crippen LogP) is 4.33. The first-order valence-corrected chi connectivity index (χ1v) is 15.8. The zero-order valence-corrected chi connectivity index (χ0v) is 26.4. The monoisotopic (exact) mass is 605 g/mol. The van der Waals surface area contributed by atoms with E-state index in [-0.39, 0.29) is 24.4 Å². The van der Waals surface area contributed by atoms with Crippen LogP contribution in [0.3, 0.4) is 0 Å². The summed E-state index contributed by atoms with van der Waals surface area (Å²) in [6.45, 7) is 12.0. The van der Waals surface area contributed by atoms with Gasteiger partial charge in [-0.1, -0.05) is 50.2 Å². The summed E-state index contributed by atoms with van der Waals surface area (Å²) in [4.78, 5) is 12.8. The number of hydrogen-bond donors (Lipinski definition) is 3. The molecule has 1 heterocycles. The lowest BCUT2D eigenvalue weighted by Gasteiger charge is -2.36. The van der Waals surface area contributed by atoms with E-state index in [1.807, 2.05) is 51.1 Å². The fourth-order valence-corrected chi connectivity index (χ4v) is 6.54. The SMILES string of the molecule is CC(C)(CCC1(C)OCCO1)CN(C[C@@H](O)[C@H](Cc1ccccc1)NC(=O)OC(C)(C)C)S(=O)(=O)c1cccc(N)c1. The fraction of sp³-hybridized carbons (Fsp3) is 0.581. The highest BCUT2D eigenvalue weighted by Crippen LogP contribution is 2.33. The van der Waals surface area contributed by atoms with Crippen LogP contribution in [0, 0.1) is 5.41 Å². The van der Waals surface area contributed by atoms with Crippen LogP contribution in [0.15, 0.2) is 59.5 Å². The number of nitrogens with two attached hydrogens (primary N) is 1. The number of rotatable bonds is 13. The Morgan fingerprint density at radius 3 is 2.33 bits per heavy atom. The van der Waals surface area contributed by atoms with E-state index in [2.05, 4.69) is 5.32 Å². The Kier molecular flexibility index (Phi) is 11.0. The van der Waals surface area contributed by atoms with Crippen LogP contribution in [-0.4, -0.2) is 73.8 Å². The summed E-state index contributed by atoms with van der Waals surface area (Å²) in [6, 6.07) is 14.6. The van der Waals surface area contributed by atoms with Crippen molar-refractivity contribution in [3.63, 3.8) is 0 Å².